The number of fused-ring (bicyclic) bond motifs is 1. The average Bonchev–Trinajstić information content (AvgIpc) is 2.88. The lowest BCUT2D eigenvalue weighted by atomic mass is 10.2. The molecule has 0 saturated carbocycles. The number of aryl methyl sites for hydroxylation is 1. The summed E-state index contributed by atoms with van der Waals surface area (Å²) in [6.07, 6.45) is 0. The molecule has 1 aromatic heterocycles. The van der Waals surface area contributed by atoms with Crippen molar-refractivity contribution in [2.24, 2.45) is 0 Å². The minimum absolute atomic E-state index is 0.204. The van der Waals surface area contributed by atoms with E-state index in [2.05, 4.69) is 10.1 Å². The number of methoxy groups -OCH3 is 1. The van der Waals surface area contributed by atoms with Crippen molar-refractivity contribution >= 4 is 37.1 Å². The van der Waals surface area contributed by atoms with Gasteiger partial charge in [-0.2, -0.15) is 0 Å². The molecule has 2 aromatic carbocycles. The fraction of sp³-hybridized carbons (Fsp3) is 0.125. The summed E-state index contributed by atoms with van der Waals surface area (Å²) < 4.78 is 33.6. The highest BCUT2D eigenvalue weighted by Gasteiger charge is 2.14. The van der Waals surface area contributed by atoms with Gasteiger partial charge in [0.2, 0.25) is 0 Å². The van der Waals surface area contributed by atoms with E-state index >= 15 is 0 Å². The maximum Gasteiger partial charge on any atom is 0.261 e. The predicted molar refractivity (Wildman–Crippen MR) is 90.4 cm³/mol. The Labute approximate surface area is 133 Å². The lowest BCUT2D eigenvalue weighted by molar-refractivity contribution is 0.414. The minimum atomic E-state index is -3.61. The molecular weight excluding hydrogens is 318 g/mol. The molecule has 0 spiro atoms. The van der Waals surface area contributed by atoms with Gasteiger partial charge in [-0.1, -0.05) is 0 Å². The summed E-state index contributed by atoms with van der Waals surface area (Å²) in [5.74, 6) is 0.620. The summed E-state index contributed by atoms with van der Waals surface area (Å²) >= 11 is 1.65. The summed E-state index contributed by atoms with van der Waals surface area (Å²) in [6, 6.07) is 11.9. The predicted octanol–water partition coefficient (Wildman–Crippen LogP) is 4.02. The minimum Gasteiger partial charge on any atom is -0.497 e. The molecule has 0 saturated heterocycles. The molecule has 22 heavy (non-hydrogen) atoms. The first-order valence-corrected chi connectivity index (χ1v) is 9.00. The highest BCUT2D eigenvalue weighted by atomic mass is 32.2. The molecule has 114 valence electrons. The number of thiophene rings is 1. The van der Waals surface area contributed by atoms with Crippen LogP contribution in [0.5, 0.6) is 5.75 Å². The van der Waals surface area contributed by atoms with E-state index in [9.17, 15) is 8.42 Å². The van der Waals surface area contributed by atoms with Crippen LogP contribution < -0.4 is 9.46 Å². The normalized spacial score (nSPS) is 11.5. The van der Waals surface area contributed by atoms with Crippen LogP contribution in [0.3, 0.4) is 0 Å². The number of hydrogen-bond donors (Lipinski definition) is 1. The molecule has 1 N–H and O–H groups in total. The van der Waals surface area contributed by atoms with E-state index in [0.29, 0.717) is 11.4 Å². The molecule has 0 aliphatic carbocycles. The van der Waals surface area contributed by atoms with Gasteiger partial charge in [-0.15, -0.1) is 11.3 Å². The Hall–Kier alpha value is -2.05. The second-order valence-corrected chi connectivity index (χ2v) is 7.50. The third kappa shape index (κ3) is 2.80. The van der Waals surface area contributed by atoms with Crippen molar-refractivity contribution < 1.29 is 13.2 Å². The highest BCUT2D eigenvalue weighted by molar-refractivity contribution is 7.92. The van der Waals surface area contributed by atoms with E-state index < -0.39 is 10.0 Å². The van der Waals surface area contributed by atoms with Crippen LogP contribution in [0.4, 0.5) is 5.69 Å². The van der Waals surface area contributed by atoms with Crippen LogP contribution in [0, 0.1) is 6.92 Å². The third-order valence-electron chi connectivity index (χ3n) is 3.39. The zero-order chi connectivity index (χ0) is 15.7. The summed E-state index contributed by atoms with van der Waals surface area (Å²) in [6.45, 7) is 2.01. The van der Waals surface area contributed by atoms with Gasteiger partial charge < -0.3 is 4.74 Å². The van der Waals surface area contributed by atoms with E-state index in [0.717, 1.165) is 15.6 Å². The largest absolute Gasteiger partial charge is 0.497 e. The maximum atomic E-state index is 12.4. The number of sulfonamides is 1. The van der Waals surface area contributed by atoms with Gasteiger partial charge in [-0.3, -0.25) is 4.72 Å². The first-order chi connectivity index (χ1) is 10.5. The molecule has 3 aromatic rings. The second kappa shape index (κ2) is 5.62. The Kier molecular flexibility index (Phi) is 3.80. The van der Waals surface area contributed by atoms with Gasteiger partial charge in [0, 0.05) is 10.4 Å². The molecule has 0 aliphatic heterocycles. The monoisotopic (exact) mass is 333 g/mol. The second-order valence-electron chi connectivity index (χ2n) is 4.91. The number of ether oxygens (including phenoxy) is 1. The van der Waals surface area contributed by atoms with Crippen molar-refractivity contribution in [2.75, 3.05) is 11.8 Å². The van der Waals surface area contributed by atoms with Gasteiger partial charge in [-0.05, 0) is 65.7 Å². The Morgan fingerprint density at radius 1 is 1.09 bits per heavy atom. The maximum absolute atomic E-state index is 12.4. The lowest BCUT2D eigenvalue weighted by Crippen LogP contribution is -2.12. The van der Waals surface area contributed by atoms with Gasteiger partial charge in [-0.25, -0.2) is 8.42 Å². The van der Waals surface area contributed by atoms with E-state index in [1.807, 2.05) is 19.1 Å². The summed E-state index contributed by atoms with van der Waals surface area (Å²) in [5, 5.41) is 3.13. The Morgan fingerprint density at radius 2 is 1.82 bits per heavy atom. The van der Waals surface area contributed by atoms with Crippen LogP contribution in [-0.4, -0.2) is 15.5 Å². The standard InChI is InChI=1S/C16H15NO3S2/c1-11-10-21-16-8-3-12(9-15(11)16)17-22(18,19)14-6-4-13(20-2)5-7-14/h3-10,17H,1-2H3. The van der Waals surface area contributed by atoms with Gasteiger partial charge in [0.15, 0.2) is 0 Å². The van der Waals surface area contributed by atoms with Crippen LogP contribution in [-0.2, 0) is 10.0 Å². The summed E-state index contributed by atoms with van der Waals surface area (Å²) in [4.78, 5) is 0.204. The number of rotatable bonds is 4. The molecule has 0 bridgehead atoms. The fourth-order valence-corrected chi connectivity index (χ4v) is 4.16. The zero-order valence-electron chi connectivity index (χ0n) is 12.2. The number of hydrogen-bond acceptors (Lipinski definition) is 4. The van der Waals surface area contributed by atoms with Crippen molar-refractivity contribution in [3.63, 3.8) is 0 Å². The smallest absolute Gasteiger partial charge is 0.261 e. The van der Waals surface area contributed by atoms with Crippen molar-refractivity contribution in [3.05, 3.63) is 53.4 Å². The SMILES string of the molecule is COc1ccc(S(=O)(=O)Nc2ccc3scc(C)c3c2)cc1. The quantitative estimate of drug-likeness (QED) is 0.784. The highest BCUT2D eigenvalue weighted by Crippen LogP contribution is 2.29. The zero-order valence-corrected chi connectivity index (χ0v) is 13.8. The van der Waals surface area contributed by atoms with Crippen LogP contribution in [0.2, 0.25) is 0 Å². The molecule has 6 heteroatoms. The lowest BCUT2D eigenvalue weighted by Gasteiger charge is -2.09. The molecule has 0 aliphatic rings. The van der Waals surface area contributed by atoms with Crippen LogP contribution in [0.15, 0.2) is 52.7 Å². The van der Waals surface area contributed by atoms with Crippen molar-refractivity contribution in [3.8, 4) is 5.75 Å². The van der Waals surface area contributed by atoms with Gasteiger partial charge in [0.05, 0.1) is 12.0 Å². The van der Waals surface area contributed by atoms with Gasteiger partial charge in [0.25, 0.3) is 10.0 Å². The third-order valence-corrected chi connectivity index (χ3v) is 5.87. The molecule has 3 rings (SSSR count). The van der Waals surface area contributed by atoms with Crippen molar-refractivity contribution in [1.82, 2.24) is 0 Å². The van der Waals surface area contributed by atoms with Crippen LogP contribution >= 0.6 is 11.3 Å². The van der Waals surface area contributed by atoms with Gasteiger partial charge >= 0.3 is 0 Å². The van der Waals surface area contributed by atoms with Gasteiger partial charge in [0.1, 0.15) is 5.75 Å². The average molecular weight is 333 g/mol. The van der Waals surface area contributed by atoms with Crippen molar-refractivity contribution in [1.29, 1.82) is 0 Å². The van der Waals surface area contributed by atoms with Crippen LogP contribution in [0.1, 0.15) is 5.56 Å². The topological polar surface area (TPSA) is 55.4 Å². The van der Waals surface area contributed by atoms with E-state index in [1.165, 1.54) is 12.1 Å². The number of benzene rings is 2. The molecule has 0 unspecified atom stereocenters. The first kappa shape index (κ1) is 14.9. The fourth-order valence-electron chi connectivity index (χ4n) is 2.19. The summed E-state index contributed by atoms with van der Waals surface area (Å²) in [7, 11) is -2.06. The Balaban J connectivity index is 1.92. The molecule has 4 nitrogen and oxygen atoms in total. The van der Waals surface area contributed by atoms with Crippen LogP contribution in [0.25, 0.3) is 10.1 Å². The number of anilines is 1. The summed E-state index contributed by atoms with van der Waals surface area (Å²) in [5.41, 5.74) is 1.70. The molecule has 0 amide bonds. The van der Waals surface area contributed by atoms with Crippen molar-refractivity contribution in [2.45, 2.75) is 11.8 Å². The number of nitrogens with one attached hydrogen (secondary N) is 1. The molecule has 1 heterocycles. The molecule has 0 fully saturated rings. The Morgan fingerprint density at radius 3 is 2.50 bits per heavy atom. The molecular formula is C16H15NO3S2. The molecule has 0 atom stereocenters. The molecule has 0 radical (unpaired) electrons. The Bertz CT molecular complexity index is 912. The van der Waals surface area contributed by atoms with E-state index in [-0.39, 0.29) is 4.90 Å². The first-order valence-electron chi connectivity index (χ1n) is 6.64. The van der Waals surface area contributed by atoms with E-state index in [1.54, 1.807) is 36.6 Å². The van der Waals surface area contributed by atoms with E-state index in [4.69, 9.17) is 4.74 Å².